The third-order valence-electron chi connectivity index (χ3n) is 3.32. The van der Waals surface area contributed by atoms with Crippen LogP contribution in [0.5, 0.6) is 0 Å². The predicted octanol–water partition coefficient (Wildman–Crippen LogP) is -0.414. The summed E-state index contributed by atoms with van der Waals surface area (Å²) in [5.74, 6) is -0.00472. The molecule has 0 saturated carbocycles. The minimum absolute atomic E-state index is 0.00472. The number of benzene rings is 1. The molecule has 0 aliphatic carbocycles. The van der Waals surface area contributed by atoms with Gasteiger partial charge in [0.1, 0.15) is 21.7 Å². The van der Waals surface area contributed by atoms with Crippen LogP contribution in [-0.4, -0.2) is 41.9 Å². The first kappa shape index (κ1) is 19.1. The van der Waals surface area contributed by atoms with E-state index in [0.29, 0.717) is 6.42 Å². The molecule has 0 aromatic heterocycles. The second kappa shape index (κ2) is 6.94. The largest absolute Gasteiger partial charge is 0.367 e. The summed E-state index contributed by atoms with van der Waals surface area (Å²) in [6.45, 7) is 2.00. The summed E-state index contributed by atoms with van der Waals surface area (Å²) < 4.78 is 49.9. The summed E-state index contributed by atoms with van der Waals surface area (Å²) in [4.78, 5) is 10.5. The number of carbonyl (C=O) groups excluding carboxylic acids is 1. The maximum Gasteiger partial charge on any atom is 0.244 e. The number of Topliss-reactive ketones (excluding diaryl/α,β-unsaturated/α-hetero) is 1. The van der Waals surface area contributed by atoms with Gasteiger partial charge in [-0.15, -0.1) is 0 Å². The number of primary sulfonamides is 1. The number of ketones is 1. The second-order valence-corrected chi connectivity index (χ2v) is 8.78. The van der Waals surface area contributed by atoms with E-state index >= 15 is 0 Å². The van der Waals surface area contributed by atoms with Crippen molar-refractivity contribution in [3.8, 4) is 0 Å². The summed E-state index contributed by atoms with van der Waals surface area (Å²) in [6.07, 6.45) is -0.338. The number of halogens is 1. The maximum absolute atomic E-state index is 12.3. The smallest absolute Gasteiger partial charge is 0.244 e. The molecule has 0 spiro atoms. The molecule has 12 heteroatoms. The van der Waals surface area contributed by atoms with Crippen LogP contribution < -0.4 is 20.5 Å². The fraction of sp³-hybridized carbons (Fsp3) is 0.417. The van der Waals surface area contributed by atoms with Gasteiger partial charge in [0.05, 0.1) is 17.3 Å². The molecule has 1 aliphatic rings. The van der Waals surface area contributed by atoms with Crippen LogP contribution in [0.1, 0.15) is 13.3 Å². The van der Waals surface area contributed by atoms with Crippen LogP contribution in [0, 0.1) is 0 Å². The molecular formula is C12H17ClN4O5S2. The zero-order chi connectivity index (χ0) is 18.1. The van der Waals surface area contributed by atoms with Crippen LogP contribution >= 0.6 is 11.6 Å². The van der Waals surface area contributed by atoms with Gasteiger partial charge in [0.2, 0.25) is 20.0 Å². The number of nitrogens with two attached hydrogens (primary N) is 1. The highest BCUT2D eigenvalue weighted by Crippen LogP contribution is 2.33. The van der Waals surface area contributed by atoms with Crippen molar-refractivity contribution >= 4 is 43.1 Å². The molecule has 1 aromatic rings. The predicted molar refractivity (Wildman–Crippen MR) is 88.7 cm³/mol. The van der Waals surface area contributed by atoms with Gasteiger partial charge in [-0.2, -0.15) is 4.72 Å². The summed E-state index contributed by atoms with van der Waals surface area (Å²) in [5.41, 5.74) is 0.153. The fourth-order valence-corrected chi connectivity index (χ4v) is 4.63. The quantitative estimate of drug-likeness (QED) is 0.510. The Morgan fingerprint density at radius 3 is 2.67 bits per heavy atom. The Morgan fingerprint density at radius 1 is 1.42 bits per heavy atom. The van der Waals surface area contributed by atoms with E-state index < -0.39 is 31.1 Å². The van der Waals surface area contributed by atoms with Crippen LogP contribution in [0.2, 0.25) is 5.02 Å². The minimum atomic E-state index is -4.16. The van der Waals surface area contributed by atoms with Crippen molar-refractivity contribution in [2.45, 2.75) is 29.3 Å². The zero-order valence-electron chi connectivity index (χ0n) is 12.7. The first-order chi connectivity index (χ1) is 11.0. The van der Waals surface area contributed by atoms with Gasteiger partial charge in [-0.05, 0) is 12.1 Å². The molecule has 1 aromatic carbocycles. The Labute approximate surface area is 145 Å². The van der Waals surface area contributed by atoms with E-state index in [1.54, 1.807) is 6.92 Å². The van der Waals surface area contributed by atoms with Crippen molar-refractivity contribution in [3.63, 3.8) is 0 Å². The number of nitrogens with one attached hydrogen (secondary N) is 3. The number of rotatable bonds is 6. The summed E-state index contributed by atoms with van der Waals surface area (Å²) in [7, 11) is -8.12. The first-order valence-electron chi connectivity index (χ1n) is 6.92. The Balaban J connectivity index is 2.28. The van der Waals surface area contributed by atoms with Crippen molar-refractivity contribution in [2.24, 2.45) is 5.14 Å². The van der Waals surface area contributed by atoms with E-state index in [0.717, 1.165) is 6.07 Å². The van der Waals surface area contributed by atoms with Crippen molar-refractivity contribution in [2.75, 3.05) is 18.4 Å². The number of hydrogen-bond acceptors (Lipinski definition) is 7. The number of hydrogen-bond donors (Lipinski definition) is 4. The average molecular weight is 397 g/mol. The summed E-state index contributed by atoms with van der Waals surface area (Å²) in [6, 6.07) is 2.10. The van der Waals surface area contributed by atoms with Crippen LogP contribution in [0.25, 0.3) is 0 Å². The molecule has 1 unspecified atom stereocenters. The van der Waals surface area contributed by atoms with Gasteiger partial charge in [0.25, 0.3) is 0 Å². The Hall–Kier alpha value is -1.24. The van der Waals surface area contributed by atoms with Crippen LogP contribution in [0.3, 0.4) is 0 Å². The van der Waals surface area contributed by atoms with E-state index in [1.807, 2.05) is 0 Å². The molecular weight excluding hydrogens is 380 g/mol. The van der Waals surface area contributed by atoms with Crippen molar-refractivity contribution < 1.29 is 21.6 Å². The fourth-order valence-electron chi connectivity index (χ4n) is 2.13. The number of carbonyl (C=O) groups is 1. The Morgan fingerprint density at radius 2 is 2.08 bits per heavy atom. The van der Waals surface area contributed by atoms with E-state index in [2.05, 4.69) is 15.4 Å². The standard InChI is InChI=1S/C12H17ClN4O5S2/c1-2-7(18)5-15-6-12-16-9-3-8(13)10(23(14,19)20)4-11(9)24(21,22)17-12/h3-4,12,15-17H,2,5-6H2,1H3,(H2,14,19,20). The lowest BCUT2D eigenvalue weighted by atomic mass is 10.3. The van der Waals surface area contributed by atoms with Gasteiger partial charge in [-0.25, -0.2) is 22.0 Å². The van der Waals surface area contributed by atoms with E-state index in [1.165, 1.54) is 6.07 Å². The van der Waals surface area contributed by atoms with Crippen LogP contribution in [0.4, 0.5) is 5.69 Å². The number of anilines is 1. The van der Waals surface area contributed by atoms with Crippen molar-refractivity contribution in [1.82, 2.24) is 10.0 Å². The SMILES string of the molecule is CCC(=O)CNCC1Nc2cc(Cl)c(S(N)(=O)=O)cc2S(=O)(=O)N1. The molecule has 1 atom stereocenters. The highest BCUT2D eigenvalue weighted by molar-refractivity contribution is 7.90. The highest BCUT2D eigenvalue weighted by atomic mass is 35.5. The molecule has 24 heavy (non-hydrogen) atoms. The molecule has 0 bridgehead atoms. The topological polar surface area (TPSA) is 147 Å². The van der Waals surface area contributed by atoms with Gasteiger partial charge >= 0.3 is 0 Å². The Bertz CT molecular complexity index is 870. The molecule has 5 N–H and O–H groups in total. The zero-order valence-corrected chi connectivity index (χ0v) is 15.1. The lowest BCUT2D eigenvalue weighted by molar-refractivity contribution is -0.117. The average Bonchev–Trinajstić information content (AvgIpc) is 2.44. The molecule has 1 heterocycles. The van der Waals surface area contributed by atoms with Crippen molar-refractivity contribution in [3.05, 3.63) is 17.2 Å². The maximum atomic E-state index is 12.3. The summed E-state index contributed by atoms with van der Waals surface area (Å²) in [5, 5.41) is 10.6. The molecule has 134 valence electrons. The Kier molecular flexibility index (Phi) is 5.52. The molecule has 9 nitrogen and oxygen atoms in total. The van der Waals surface area contributed by atoms with Gasteiger partial charge in [0, 0.05) is 13.0 Å². The molecule has 1 aliphatic heterocycles. The normalized spacial score (nSPS) is 19.4. The monoisotopic (exact) mass is 396 g/mol. The lowest BCUT2D eigenvalue weighted by Crippen LogP contribution is -2.50. The minimum Gasteiger partial charge on any atom is -0.367 e. The third kappa shape index (κ3) is 4.23. The second-order valence-electron chi connectivity index (χ2n) is 5.17. The molecule has 0 radical (unpaired) electrons. The van der Waals surface area contributed by atoms with Gasteiger partial charge < -0.3 is 10.6 Å². The van der Waals surface area contributed by atoms with Crippen molar-refractivity contribution in [1.29, 1.82) is 0 Å². The van der Waals surface area contributed by atoms with E-state index in [-0.39, 0.29) is 34.5 Å². The number of fused-ring (bicyclic) bond motifs is 1. The third-order valence-corrected chi connectivity index (χ3v) is 6.21. The van der Waals surface area contributed by atoms with Crippen LogP contribution in [0.15, 0.2) is 21.9 Å². The number of sulfonamides is 2. The van der Waals surface area contributed by atoms with Gasteiger partial charge in [0.15, 0.2) is 0 Å². The lowest BCUT2D eigenvalue weighted by Gasteiger charge is -2.28. The molecule has 0 saturated heterocycles. The molecule has 2 rings (SSSR count). The van der Waals surface area contributed by atoms with E-state index in [4.69, 9.17) is 16.7 Å². The summed E-state index contributed by atoms with van der Waals surface area (Å²) >= 11 is 5.88. The van der Waals surface area contributed by atoms with Gasteiger partial charge in [-0.3, -0.25) is 4.79 Å². The van der Waals surface area contributed by atoms with Gasteiger partial charge in [-0.1, -0.05) is 18.5 Å². The highest BCUT2D eigenvalue weighted by Gasteiger charge is 2.31. The molecule has 0 fully saturated rings. The van der Waals surface area contributed by atoms with E-state index in [9.17, 15) is 21.6 Å². The first-order valence-corrected chi connectivity index (χ1v) is 10.3. The van der Waals surface area contributed by atoms with Crippen LogP contribution in [-0.2, 0) is 24.8 Å². The molecule has 0 amide bonds.